The van der Waals surface area contributed by atoms with Crippen molar-refractivity contribution in [2.75, 3.05) is 26.7 Å². The number of fused-ring (bicyclic) bond motifs is 1. The number of rotatable bonds is 4. The Morgan fingerprint density at radius 2 is 1.97 bits per heavy atom. The smallest absolute Gasteiger partial charge is 0.254 e. The Kier molecular flexibility index (Phi) is 4.34. The molecular weight excluding hydrogens is 452 g/mol. The number of amides is 1. The van der Waals surface area contributed by atoms with Gasteiger partial charge in [-0.25, -0.2) is 0 Å². The van der Waals surface area contributed by atoms with E-state index in [0.29, 0.717) is 24.1 Å². The number of phenolic OH excluding ortho intramolecular Hbond substituents is 1. The molecule has 1 amide bonds. The molecular formula is C30H34N2O4. The number of likely N-dealkylation sites (tertiary alicyclic amines) is 2. The van der Waals surface area contributed by atoms with Crippen LogP contribution in [-0.2, 0) is 16.6 Å². The van der Waals surface area contributed by atoms with Gasteiger partial charge >= 0.3 is 0 Å². The maximum atomic E-state index is 13.7. The Balaban J connectivity index is 1.28. The van der Waals surface area contributed by atoms with Gasteiger partial charge in [0, 0.05) is 47.6 Å². The van der Waals surface area contributed by atoms with Crippen LogP contribution in [0, 0.1) is 11.8 Å². The van der Waals surface area contributed by atoms with E-state index in [1.807, 2.05) is 36.4 Å². The Morgan fingerprint density at radius 1 is 1.14 bits per heavy atom. The molecule has 188 valence electrons. The molecule has 6 heteroatoms. The molecule has 0 unspecified atom stereocenters. The van der Waals surface area contributed by atoms with E-state index in [-0.39, 0.29) is 35.0 Å². The molecule has 6 aliphatic rings. The molecule has 36 heavy (non-hydrogen) atoms. The third kappa shape index (κ3) is 2.52. The summed E-state index contributed by atoms with van der Waals surface area (Å²) in [4.78, 5) is 18.5. The van der Waals surface area contributed by atoms with Gasteiger partial charge in [-0.05, 0) is 74.8 Å². The first kappa shape index (κ1) is 21.5. The van der Waals surface area contributed by atoms with E-state index in [2.05, 4.69) is 15.9 Å². The van der Waals surface area contributed by atoms with Crippen molar-refractivity contribution in [1.29, 1.82) is 0 Å². The van der Waals surface area contributed by atoms with E-state index in [1.54, 1.807) is 7.11 Å². The van der Waals surface area contributed by atoms with Crippen LogP contribution in [-0.4, -0.2) is 71.3 Å². The van der Waals surface area contributed by atoms with E-state index in [9.17, 15) is 9.90 Å². The van der Waals surface area contributed by atoms with Crippen molar-refractivity contribution >= 4 is 5.91 Å². The van der Waals surface area contributed by atoms with Crippen molar-refractivity contribution in [3.05, 3.63) is 59.2 Å². The van der Waals surface area contributed by atoms with Crippen LogP contribution in [0.5, 0.6) is 11.5 Å². The number of carbonyl (C=O) groups is 1. The van der Waals surface area contributed by atoms with Gasteiger partial charge < -0.3 is 19.5 Å². The molecule has 5 fully saturated rings. The van der Waals surface area contributed by atoms with Crippen LogP contribution >= 0.6 is 0 Å². The van der Waals surface area contributed by atoms with Crippen LogP contribution in [0.2, 0.25) is 0 Å². The van der Waals surface area contributed by atoms with Crippen LogP contribution in [0.15, 0.2) is 42.5 Å². The summed E-state index contributed by atoms with van der Waals surface area (Å²) in [5, 5.41) is 11.6. The van der Waals surface area contributed by atoms with Crippen LogP contribution < -0.4 is 4.74 Å². The molecule has 2 aromatic carbocycles. The molecule has 6 atom stereocenters. The quantitative estimate of drug-likeness (QED) is 0.713. The lowest BCUT2D eigenvalue weighted by Crippen LogP contribution is -2.74. The van der Waals surface area contributed by atoms with Gasteiger partial charge in [-0.3, -0.25) is 9.69 Å². The number of piperidine rings is 1. The van der Waals surface area contributed by atoms with E-state index >= 15 is 0 Å². The van der Waals surface area contributed by atoms with Gasteiger partial charge in [-0.1, -0.05) is 24.3 Å². The zero-order chi connectivity index (χ0) is 24.2. The predicted molar refractivity (Wildman–Crippen MR) is 134 cm³/mol. The molecule has 2 saturated carbocycles. The number of nitrogens with zero attached hydrogens (tertiary/aromatic N) is 2. The van der Waals surface area contributed by atoms with Crippen LogP contribution in [0.3, 0.4) is 0 Å². The van der Waals surface area contributed by atoms with E-state index < -0.39 is 0 Å². The highest BCUT2D eigenvalue weighted by Gasteiger charge is 2.78. The van der Waals surface area contributed by atoms with Gasteiger partial charge in [0.25, 0.3) is 5.91 Å². The summed E-state index contributed by atoms with van der Waals surface area (Å²) in [5.74, 6) is 1.98. The molecule has 6 nitrogen and oxygen atoms in total. The number of hydrogen-bond donors (Lipinski definition) is 1. The van der Waals surface area contributed by atoms with Crippen molar-refractivity contribution < 1.29 is 19.4 Å². The fraction of sp³-hybridized carbons (Fsp3) is 0.567. The minimum absolute atomic E-state index is 0.00471. The number of aromatic hydroxyl groups is 1. The highest BCUT2D eigenvalue weighted by atomic mass is 16.5. The molecule has 3 saturated heterocycles. The van der Waals surface area contributed by atoms with Gasteiger partial charge in [-0.15, -0.1) is 0 Å². The molecule has 0 radical (unpaired) electrons. The molecule has 3 aliphatic carbocycles. The van der Waals surface area contributed by atoms with Gasteiger partial charge in [0.1, 0.15) is 0 Å². The van der Waals surface area contributed by atoms with Gasteiger partial charge in [0.2, 0.25) is 0 Å². The average Bonchev–Trinajstić information content (AvgIpc) is 3.59. The fourth-order valence-corrected chi connectivity index (χ4v) is 9.25. The third-order valence-corrected chi connectivity index (χ3v) is 10.6. The van der Waals surface area contributed by atoms with E-state index in [4.69, 9.17) is 9.47 Å². The lowest BCUT2D eigenvalue weighted by atomic mass is 9.46. The summed E-state index contributed by atoms with van der Waals surface area (Å²) >= 11 is 0. The maximum absolute atomic E-state index is 13.7. The number of methoxy groups -OCH3 is 1. The minimum atomic E-state index is -0.301. The summed E-state index contributed by atoms with van der Waals surface area (Å²) in [6.07, 6.45) is 6.49. The largest absolute Gasteiger partial charge is 0.504 e. The summed E-state index contributed by atoms with van der Waals surface area (Å²) in [7, 11) is 1.63. The number of carbonyl (C=O) groups excluding carboxylic acids is 1. The monoisotopic (exact) mass is 486 g/mol. The second-order valence-corrected chi connectivity index (χ2v) is 12.0. The second kappa shape index (κ2) is 7.26. The molecule has 3 heterocycles. The Hall–Kier alpha value is -2.57. The normalized spacial score (nSPS) is 38.0. The van der Waals surface area contributed by atoms with Gasteiger partial charge in [0.15, 0.2) is 11.5 Å². The van der Waals surface area contributed by atoms with Crippen LogP contribution in [0.1, 0.15) is 53.6 Å². The highest BCUT2D eigenvalue weighted by Crippen LogP contribution is 2.71. The van der Waals surface area contributed by atoms with E-state index in [1.165, 1.54) is 24.9 Å². The second-order valence-electron chi connectivity index (χ2n) is 12.0. The number of ether oxygens (including phenoxy) is 2. The van der Waals surface area contributed by atoms with Crippen molar-refractivity contribution in [2.45, 2.75) is 67.7 Å². The molecule has 1 N–H and O–H groups in total. The number of phenols is 1. The SMILES string of the molecule is COc1ccc2c(c1O)[C@]13CCN(CC4CC4)[C@H](C2)[C@]12CC[C@@H]1[C@H]3[C@@H](CN1C(=O)c1ccccc1)O2. The zero-order valence-corrected chi connectivity index (χ0v) is 20.9. The maximum Gasteiger partial charge on any atom is 0.254 e. The standard InChI is InChI=1S/C30H34N2O4/c1-35-22-10-9-20-15-24-30-12-11-21-26(23(36-30)17-32(21)28(34)19-5-3-2-4-6-19)29(30,25(20)27(22)33)13-14-31(24)16-18-7-8-18/h2-6,9-10,18,21,23-24,26,33H,7-8,11-17H2,1H3/t21-,23-,24-,26+,29+,30-/m1/s1. The highest BCUT2D eigenvalue weighted by molar-refractivity contribution is 5.94. The first-order valence-electron chi connectivity index (χ1n) is 13.7. The number of benzene rings is 2. The van der Waals surface area contributed by atoms with Crippen LogP contribution in [0.4, 0.5) is 0 Å². The molecule has 3 aliphatic heterocycles. The zero-order valence-electron chi connectivity index (χ0n) is 20.9. The van der Waals surface area contributed by atoms with Crippen LogP contribution in [0.25, 0.3) is 0 Å². The molecule has 0 spiro atoms. The molecule has 2 aromatic rings. The third-order valence-electron chi connectivity index (χ3n) is 10.6. The van der Waals surface area contributed by atoms with Gasteiger partial charge in [0.05, 0.1) is 18.8 Å². The Bertz CT molecular complexity index is 1250. The molecule has 8 rings (SSSR count). The molecule has 0 aromatic heterocycles. The van der Waals surface area contributed by atoms with Crippen molar-refractivity contribution in [2.24, 2.45) is 11.8 Å². The van der Waals surface area contributed by atoms with Crippen molar-refractivity contribution in [3.8, 4) is 11.5 Å². The number of hydrogen-bond acceptors (Lipinski definition) is 5. The average molecular weight is 487 g/mol. The minimum Gasteiger partial charge on any atom is -0.504 e. The summed E-state index contributed by atoms with van der Waals surface area (Å²) in [6, 6.07) is 14.2. The Labute approximate surface area is 212 Å². The first-order chi connectivity index (χ1) is 17.6. The topological polar surface area (TPSA) is 62.2 Å². The molecule has 4 bridgehead atoms. The van der Waals surface area contributed by atoms with E-state index in [0.717, 1.165) is 49.3 Å². The summed E-state index contributed by atoms with van der Waals surface area (Å²) < 4.78 is 12.9. The van der Waals surface area contributed by atoms with Crippen molar-refractivity contribution in [1.82, 2.24) is 9.80 Å². The summed E-state index contributed by atoms with van der Waals surface area (Å²) in [6.45, 7) is 2.84. The first-order valence-corrected chi connectivity index (χ1v) is 13.7. The Morgan fingerprint density at radius 3 is 2.75 bits per heavy atom. The fourth-order valence-electron chi connectivity index (χ4n) is 9.25. The lowest BCUT2D eigenvalue weighted by molar-refractivity contribution is -0.171. The summed E-state index contributed by atoms with van der Waals surface area (Å²) in [5.41, 5.74) is 2.47. The lowest BCUT2D eigenvalue weighted by Gasteiger charge is -2.64. The predicted octanol–water partition coefficient (Wildman–Crippen LogP) is 3.75. The van der Waals surface area contributed by atoms with Gasteiger partial charge in [-0.2, -0.15) is 0 Å². The van der Waals surface area contributed by atoms with Crippen molar-refractivity contribution in [3.63, 3.8) is 0 Å².